The van der Waals surface area contributed by atoms with Crippen molar-refractivity contribution in [1.29, 1.82) is 0 Å². The van der Waals surface area contributed by atoms with Gasteiger partial charge in [-0.25, -0.2) is 0 Å². The lowest BCUT2D eigenvalue weighted by Gasteiger charge is -1.98. The van der Waals surface area contributed by atoms with E-state index in [1.165, 1.54) is 0 Å². The van der Waals surface area contributed by atoms with Crippen LogP contribution in [-0.2, 0) is 10.1 Å². The van der Waals surface area contributed by atoms with Crippen LogP contribution in [0.3, 0.4) is 0 Å². The average molecular weight is 187 g/mol. The van der Waals surface area contributed by atoms with E-state index in [0.717, 1.165) is 0 Å². The Hall–Kier alpha value is -0.210. The molecule has 11 heavy (non-hydrogen) atoms. The lowest BCUT2D eigenvalue weighted by atomic mass is 10.4. The Morgan fingerprint density at radius 3 is 1.55 bits per heavy atom. The van der Waals surface area contributed by atoms with Crippen LogP contribution in [0.4, 0.5) is 0 Å². The summed E-state index contributed by atoms with van der Waals surface area (Å²) in [6.07, 6.45) is 0.715. The number of hydrogen-bond donors (Lipinski definition) is 4. The molecule has 0 bridgehead atoms. The van der Waals surface area contributed by atoms with Crippen LogP contribution in [0.2, 0.25) is 0 Å². The van der Waals surface area contributed by atoms with E-state index in [1.807, 2.05) is 0 Å². The Balaban J connectivity index is 0. The van der Waals surface area contributed by atoms with Gasteiger partial charge in [0.2, 0.25) is 0 Å². The SMILES string of the molecule is CS(=O)(=O)O.NC(CO)CO. The summed E-state index contributed by atoms with van der Waals surface area (Å²) in [4.78, 5) is 0. The molecule has 5 N–H and O–H groups in total. The fourth-order valence-corrected chi connectivity index (χ4v) is 0.0577. The van der Waals surface area contributed by atoms with Crippen molar-refractivity contribution >= 4 is 10.1 Å². The molecule has 0 aliphatic rings. The molecule has 0 rings (SSSR count). The maximum Gasteiger partial charge on any atom is 0.261 e. The third kappa shape index (κ3) is 41.4. The maximum atomic E-state index is 9.19. The molecule has 6 nitrogen and oxygen atoms in total. The summed E-state index contributed by atoms with van der Waals surface area (Å²) < 4.78 is 25.9. The molecule has 0 aromatic heterocycles. The van der Waals surface area contributed by atoms with Gasteiger partial charge in [-0.3, -0.25) is 4.55 Å². The van der Waals surface area contributed by atoms with Crippen LogP contribution < -0.4 is 5.73 Å². The second-order valence-corrected chi connectivity index (χ2v) is 3.32. The van der Waals surface area contributed by atoms with Crippen LogP contribution >= 0.6 is 0 Å². The summed E-state index contributed by atoms with van der Waals surface area (Å²) in [6.45, 7) is -0.285. The number of rotatable bonds is 2. The predicted octanol–water partition coefficient (Wildman–Crippen LogP) is -2.20. The molecule has 0 spiro atoms. The first-order chi connectivity index (χ1) is 4.81. The minimum Gasteiger partial charge on any atom is -0.395 e. The molecule has 0 fully saturated rings. The predicted molar refractivity (Wildman–Crippen MR) is 39.6 cm³/mol. The van der Waals surface area contributed by atoms with E-state index < -0.39 is 16.2 Å². The highest BCUT2D eigenvalue weighted by atomic mass is 32.2. The van der Waals surface area contributed by atoms with E-state index in [-0.39, 0.29) is 13.2 Å². The Morgan fingerprint density at radius 1 is 1.36 bits per heavy atom. The van der Waals surface area contributed by atoms with Crippen molar-refractivity contribution in [2.75, 3.05) is 19.5 Å². The number of nitrogens with two attached hydrogens (primary N) is 1. The molecule has 7 heteroatoms. The molecule has 70 valence electrons. The van der Waals surface area contributed by atoms with Crippen molar-refractivity contribution in [2.24, 2.45) is 5.73 Å². The second kappa shape index (κ2) is 6.50. The molecule has 0 aromatic rings. The van der Waals surface area contributed by atoms with E-state index >= 15 is 0 Å². The van der Waals surface area contributed by atoms with Crippen LogP contribution in [0.1, 0.15) is 0 Å². The zero-order valence-electron chi connectivity index (χ0n) is 6.14. The molecule has 0 atom stereocenters. The average Bonchev–Trinajstić information content (AvgIpc) is 1.83. The van der Waals surface area contributed by atoms with Crippen LogP contribution in [0, 0.1) is 0 Å². The van der Waals surface area contributed by atoms with Crippen molar-refractivity contribution in [3.8, 4) is 0 Å². The maximum absolute atomic E-state index is 9.19. The lowest BCUT2D eigenvalue weighted by Crippen LogP contribution is -2.27. The fraction of sp³-hybridized carbons (Fsp3) is 1.00. The molecule has 0 aliphatic carbocycles. The van der Waals surface area contributed by atoms with Gasteiger partial charge in [0.05, 0.1) is 25.5 Å². The summed E-state index contributed by atoms with van der Waals surface area (Å²) in [5.74, 6) is 0. The van der Waals surface area contributed by atoms with Gasteiger partial charge in [0.25, 0.3) is 10.1 Å². The van der Waals surface area contributed by atoms with Crippen LogP contribution in [0.25, 0.3) is 0 Å². The van der Waals surface area contributed by atoms with Crippen molar-refractivity contribution in [3.63, 3.8) is 0 Å². The van der Waals surface area contributed by atoms with Gasteiger partial charge in [0, 0.05) is 0 Å². The molecule has 0 heterocycles. The van der Waals surface area contributed by atoms with E-state index in [9.17, 15) is 8.42 Å². The zero-order valence-corrected chi connectivity index (χ0v) is 6.95. The number of hydrogen-bond acceptors (Lipinski definition) is 5. The summed E-state index contributed by atoms with van der Waals surface area (Å²) in [7, 11) is -3.67. The Labute approximate surface area is 65.4 Å². The normalized spacial score (nSPS) is 10.7. The Kier molecular flexibility index (Phi) is 7.91. The standard InChI is InChI=1S/C3H9NO2.CH4O3S/c4-3(1-5)2-6;1-5(2,3)4/h3,5-6H,1-2,4H2;1H3,(H,2,3,4). The molecule has 0 aliphatic heterocycles. The van der Waals surface area contributed by atoms with Crippen molar-refractivity contribution in [3.05, 3.63) is 0 Å². The van der Waals surface area contributed by atoms with Crippen molar-refractivity contribution in [1.82, 2.24) is 0 Å². The first-order valence-electron chi connectivity index (χ1n) is 2.71. The molecule has 0 radical (unpaired) electrons. The molecule has 0 aromatic carbocycles. The van der Waals surface area contributed by atoms with Gasteiger partial charge < -0.3 is 15.9 Å². The Bertz CT molecular complexity index is 153. The molecule has 0 unspecified atom stereocenters. The van der Waals surface area contributed by atoms with Gasteiger partial charge in [-0.1, -0.05) is 0 Å². The largest absolute Gasteiger partial charge is 0.395 e. The van der Waals surface area contributed by atoms with E-state index in [4.69, 9.17) is 20.5 Å². The fourth-order valence-electron chi connectivity index (χ4n) is 0.0577. The molecular formula is C4H13NO5S. The minimum atomic E-state index is -3.67. The summed E-state index contributed by atoms with van der Waals surface area (Å²) in [5, 5.41) is 16.1. The quantitative estimate of drug-likeness (QED) is 0.364. The summed E-state index contributed by atoms with van der Waals surface area (Å²) in [6, 6.07) is -0.454. The minimum absolute atomic E-state index is 0.142. The highest BCUT2D eigenvalue weighted by Crippen LogP contribution is 1.66. The number of aliphatic hydroxyl groups excluding tert-OH is 2. The number of aliphatic hydroxyl groups is 2. The van der Waals surface area contributed by atoms with Crippen LogP contribution in [0.5, 0.6) is 0 Å². The molecule has 0 saturated heterocycles. The summed E-state index contributed by atoms with van der Waals surface area (Å²) >= 11 is 0. The van der Waals surface area contributed by atoms with E-state index in [0.29, 0.717) is 6.26 Å². The first-order valence-corrected chi connectivity index (χ1v) is 4.55. The van der Waals surface area contributed by atoms with Crippen molar-refractivity contribution in [2.45, 2.75) is 6.04 Å². The summed E-state index contributed by atoms with van der Waals surface area (Å²) in [5.41, 5.74) is 4.97. The van der Waals surface area contributed by atoms with Crippen molar-refractivity contribution < 1.29 is 23.2 Å². The Morgan fingerprint density at radius 2 is 1.55 bits per heavy atom. The molecule has 0 saturated carbocycles. The van der Waals surface area contributed by atoms with Gasteiger partial charge >= 0.3 is 0 Å². The van der Waals surface area contributed by atoms with Crippen LogP contribution in [-0.4, -0.2) is 48.7 Å². The smallest absolute Gasteiger partial charge is 0.261 e. The monoisotopic (exact) mass is 187 g/mol. The highest BCUT2D eigenvalue weighted by Gasteiger charge is 1.91. The van der Waals surface area contributed by atoms with Gasteiger partial charge in [-0.2, -0.15) is 8.42 Å². The third-order valence-corrected chi connectivity index (χ3v) is 0.469. The van der Waals surface area contributed by atoms with Gasteiger partial charge in [-0.05, 0) is 0 Å². The van der Waals surface area contributed by atoms with Gasteiger partial charge in [0.15, 0.2) is 0 Å². The molecular weight excluding hydrogens is 174 g/mol. The third-order valence-electron chi connectivity index (χ3n) is 0.469. The first kappa shape index (κ1) is 13.4. The van der Waals surface area contributed by atoms with E-state index in [1.54, 1.807) is 0 Å². The lowest BCUT2D eigenvalue weighted by molar-refractivity contribution is 0.194. The second-order valence-electron chi connectivity index (χ2n) is 1.86. The highest BCUT2D eigenvalue weighted by molar-refractivity contribution is 7.85. The van der Waals surface area contributed by atoms with E-state index in [2.05, 4.69) is 0 Å². The van der Waals surface area contributed by atoms with Crippen LogP contribution in [0.15, 0.2) is 0 Å². The van der Waals surface area contributed by atoms with Gasteiger partial charge in [0.1, 0.15) is 0 Å². The zero-order chi connectivity index (χ0) is 9.49. The molecule has 0 amide bonds. The topological polar surface area (TPSA) is 121 Å². The van der Waals surface area contributed by atoms with Gasteiger partial charge in [-0.15, -0.1) is 0 Å².